The predicted molar refractivity (Wildman–Crippen MR) is 79.9 cm³/mol. The van der Waals surface area contributed by atoms with E-state index >= 15 is 0 Å². The summed E-state index contributed by atoms with van der Waals surface area (Å²) in [6.07, 6.45) is 3.05. The van der Waals surface area contributed by atoms with E-state index in [1.165, 1.54) is 6.33 Å². The number of thiazole rings is 1. The van der Waals surface area contributed by atoms with Gasteiger partial charge < -0.3 is 5.32 Å². The lowest BCUT2D eigenvalue weighted by molar-refractivity contribution is 0.569. The summed E-state index contributed by atoms with van der Waals surface area (Å²) in [7, 11) is 0. The van der Waals surface area contributed by atoms with Gasteiger partial charge >= 0.3 is 0 Å². The Bertz CT molecular complexity index is 562. The average molecular weight is 297 g/mol. The molecule has 0 saturated heterocycles. The quantitative estimate of drug-likeness (QED) is 0.928. The normalized spacial score (nSPS) is 13.3. The van der Waals surface area contributed by atoms with Crippen molar-refractivity contribution < 1.29 is 0 Å². The van der Waals surface area contributed by atoms with Crippen LogP contribution in [0.2, 0.25) is 5.02 Å². The molecule has 1 N–H and O–H groups in total. The van der Waals surface area contributed by atoms with Crippen molar-refractivity contribution in [3.63, 3.8) is 0 Å². The number of anilines is 1. The Morgan fingerprint density at radius 3 is 2.68 bits per heavy atom. The summed E-state index contributed by atoms with van der Waals surface area (Å²) in [4.78, 5) is 12.7. The Labute approximate surface area is 122 Å². The first-order valence-corrected chi connectivity index (χ1v) is 7.31. The maximum absolute atomic E-state index is 6.03. The Morgan fingerprint density at radius 1 is 1.37 bits per heavy atom. The molecule has 2 rings (SSSR count). The molecule has 1 unspecified atom stereocenters. The van der Waals surface area contributed by atoms with Gasteiger partial charge in [0.1, 0.15) is 22.2 Å². The molecule has 0 bridgehead atoms. The molecule has 0 aliphatic carbocycles. The lowest BCUT2D eigenvalue weighted by Crippen LogP contribution is -2.13. The highest BCUT2D eigenvalue weighted by molar-refractivity contribution is 7.09. The highest BCUT2D eigenvalue weighted by Gasteiger charge is 2.19. The van der Waals surface area contributed by atoms with E-state index in [1.54, 1.807) is 17.5 Å². The van der Waals surface area contributed by atoms with Gasteiger partial charge in [0.25, 0.3) is 0 Å². The molecule has 0 aliphatic heterocycles. The van der Waals surface area contributed by atoms with E-state index in [0.717, 1.165) is 10.7 Å². The maximum Gasteiger partial charge on any atom is 0.148 e. The number of rotatable bonds is 3. The lowest BCUT2D eigenvalue weighted by Gasteiger charge is -2.15. The van der Waals surface area contributed by atoms with E-state index < -0.39 is 0 Å². The SMILES string of the molecule is CC(Nc1ncncc1Cl)c1nc(C(C)(C)C)cs1. The fraction of sp³-hybridized carbons (Fsp3) is 0.462. The van der Waals surface area contributed by atoms with Gasteiger partial charge in [0.15, 0.2) is 0 Å². The summed E-state index contributed by atoms with van der Waals surface area (Å²) >= 11 is 7.68. The number of halogens is 1. The number of nitrogens with one attached hydrogen (secondary N) is 1. The minimum absolute atomic E-state index is 0.0634. The first-order chi connectivity index (χ1) is 8.88. The molecule has 2 aromatic heterocycles. The highest BCUT2D eigenvalue weighted by Crippen LogP contribution is 2.29. The zero-order valence-corrected chi connectivity index (χ0v) is 13.0. The molecule has 0 radical (unpaired) electrons. The van der Waals surface area contributed by atoms with Crippen molar-refractivity contribution in [3.05, 3.63) is 33.6 Å². The summed E-state index contributed by atoms with van der Waals surface area (Å²) in [5, 5.41) is 6.91. The molecule has 6 heteroatoms. The second-order valence-electron chi connectivity index (χ2n) is 5.41. The van der Waals surface area contributed by atoms with E-state index in [4.69, 9.17) is 11.6 Å². The molecular formula is C13H17ClN4S. The minimum atomic E-state index is 0.0634. The molecule has 0 aromatic carbocycles. The van der Waals surface area contributed by atoms with Crippen molar-refractivity contribution in [2.24, 2.45) is 0 Å². The third-order valence-electron chi connectivity index (χ3n) is 2.68. The van der Waals surface area contributed by atoms with Crippen LogP contribution in [-0.4, -0.2) is 15.0 Å². The smallest absolute Gasteiger partial charge is 0.148 e. The summed E-state index contributed by atoms with van der Waals surface area (Å²) in [5.41, 5.74) is 1.18. The van der Waals surface area contributed by atoms with Gasteiger partial charge in [-0.05, 0) is 6.92 Å². The van der Waals surface area contributed by atoms with E-state index in [0.29, 0.717) is 10.8 Å². The first kappa shape index (κ1) is 14.2. The Balaban J connectivity index is 2.15. The van der Waals surface area contributed by atoms with Crippen LogP contribution in [0.15, 0.2) is 17.9 Å². The molecule has 2 heterocycles. The van der Waals surface area contributed by atoms with Crippen molar-refractivity contribution in [1.82, 2.24) is 15.0 Å². The molecule has 19 heavy (non-hydrogen) atoms. The van der Waals surface area contributed by atoms with Crippen LogP contribution in [-0.2, 0) is 5.41 Å². The van der Waals surface area contributed by atoms with Crippen molar-refractivity contribution in [1.29, 1.82) is 0 Å². The van der Waals surface area contributed by atoms with Gasteiger partial charge in [-0.3, -0.25) is 0 Å². The van der Waals surface area contributed by atoms with E-state index in [9.17, 15) is 0 Å². The minimum Gasteiger partial charge on any atom is -0.360 e. The molecule has 4 nitrogen and oxygen atoms in total. The monoisotopic (exact) mass is 296 g/mol. The van der Waals surface area contributed by atoms with E-state index in [1.807, 2.05) is 6.92 Å². The average Bonchev–Trinajstić information content (AvgIpc) is 2.81. The molecular weight excluding hydrogens is 280 g/mol. The van der Waals surface area contributed by atoms with Gasteiger partial charge in [0.05, 0.1) is 17.9 Å². The number of hydrogen-bond donors (Lipinski definition) is 1. The number of hydrogen-bond acceptors (Lipinski definition) is 5. The van der Waals surface area contributed by atoms with Crippen molar-refractivity contribution in [2.45, 2.75) is 39.2 Å². The summed E-state index contributed by atoms with van der Waals surface area (Å²) in [6.45, 7) is 8.52. The lowest BCUT2D eigenvalue weighted by atomic mass is 9.93. The van der Waals surface area contributed by atoms with Crippen LogP contribution in [0, 0.1) is 0 Å². The molecule has 102 valence electrons. The number of nitrogens with zero attached hydrogens (tertiary/aromatic N) is 3. The Morgan fingerprint density at radius 2 is 2.11 bits per heavy atom. The zero-order valence-electron chi connectivity index (χ0n) is 11.4. The summed E-state index contributed by atoms with van der Waals surface area (Å²) < 4.78 is 0. The first-order valence-electron chi connectivity index (χ1n) is 6.06. The van der Waals surface area contributed by atoms with Crippen LogP contribution < -0.4 is 5.32 Å². The van der Waals surface area contributed by atoms with Gasteiger partial charge in [0.2, 0.25) is 0 Å². The standard InChI is InChI=1S/C13H17ClN4S/c1-8(17-11-9(14)5-15-7-16-11)12-18-10(6-19-12)13(2,3)4/h5-8H,1-4H3,(H,15,16,17). The van der Waals surface area contributed by atoms with Crippen LogP contribution in [0.5, 0.6) is 0 Å². The maximum atomic E-state index is 6.03. The molecule has 1 atom stereocenters. The third-order valence-corrected chi connectivity index (χ3v) is 3.99. The van der Waals surface area contributed by atoms with Crippen LogP contribution in [0.1, 0.15) is 44.4 Å². The molecule has 0 spiro atoms. The van der Waals surface area contributed by atoms with Gasteiger partial charge in [-0.1, -0.05) is 32.4 Å². The van der Waals surface area contributed by atoms with Crippen molar-refractivity contribution >= 4 is 28.8 Å². The zero-order chi connectivity index (χ0) is 14.0. The largest absolute Gasteiger partial charge is 0.360 e. The van der Waals surface area contributed by atoms with Crippen molar-refractivity contribution in [3.8, 4) is 0 Å². The summed E-state index contributed by atoms with van der Waals surface area (Å²) in [6, 6.07) is 0.0634. The molecule has 0 aliphatic rings. The van der Waals surface area contributed by atoms with Crippen LogP contribution >= 0.6 is 22.9 Å². The Hall–Kier alpha value is -1.20. The number of aromatic nitrogens is 3. The fourth-order valence-corrected chi connectivity index (χ4v) is 2.73. The Kier molecular flexibility index (Phi) is 4.06. The second kappa shape index (κ2) is 5.43. The van der Waals surface area contributed by atoms with Gasteiger partial charge in [-0.2, -0.15) is 0 Å². The van der Waals surface area contributed by atoms with Gasteiger partial charge in [-0.15, -0.1) is 11.3 Å². The topological polar surface area (TPSA) is 50.7 Å². The molecule has 0 saturated carbocycles. The molecule has 0 amide bonds. The second-order valence-corrected chi connectivity index (χ2v) is 6.70. The van der Waals surface area contributed by atoms with E-state index in [2.05, 4.69) is 46.4 Å². The molecule has 2 aromatic rings. The van der Waals surface area contributed by atoms with Crippen LogP contribution in [0.3, 0.4) is 0 Å². The summed E-state index contributed by atoms with van der Waals surface area (Å²) in [5.74, 6) is 0.636. The third kappa shape index (κ3) is 3.42. The van der Waals surface area contributed by atoms with Crippen molar-refractivity contribution in [2.75, 3.05) is 5.32 Å². The fourth-order valence-electron chi connectivity index (χ4n) is 1.52. The highest BCUT2D eigenvalue weighted by atomic mass is 35.5. The van der Waals surface area contributed by atoms with E-state index in [-0.39, 0.29) is 11.5 Å². The van der Waals surface area contributed by atoms with Crippen LogP contribution in [0.4, 0.5) is 5.82 Å². The van der Waals surface area contributed by atoms with Gasteiger partial charge in [0, 0.05) is 10.8 Å². The van der Waals surface area contributed by atoms with Gasteiger partial charge in [-0.25, -0.2) is 15.0 Å². The predicted octanol–water partition coefficient (Wildman–Crippen LogP) is 4.06. The molecule has 0 fully saturated rings. The van der Waals surface area contributed by atoms with Crippen LogP contribution in [0.25, 0.3) is 0 Å².